The molecular formula is C11H12NO2. The molecule has 0 atom stereocenters. The summed E-state index contributed by atoms with van der Waals surface area (Å²) in [6.07, 6.45) is 2.62. The predicted molar refractivity (Wildman–Crippen MR) is 53.9 cm³/mol. The lowest BCUT2D eigenvalue weighted by atomic mass is 10.1. The summed E-state index contributed by atoms with van der Waals surface area (Å²) < 4.78 is 0. The Morgan fingerprint density at radius 2 is 2.14 bits per heavy atom. The Bertz CT molecular complexity index is 334. The average molecular weight is 190 g/mol. The molecular weight excluding hydrogens is 178 g/mol. The molecule has 0 aliphatic heterocycles. The standard InChI is InChI=1S/C11H12NO2/c1-2-7-12-11(14)10-6-4-3-5-9(10)8-13/h3-6H,2,7H2,1H3,(H,12,14). The second-order valence-corrected chi connectivity index (χ2v) is 2.90. The van der Waals surface area contributed by atoms with E-state index in [1.807, 2.05) is 6.92 Å². The van der Waals surface area contributed by atoms with Gasteiger partial charge in [0.05, 0.1) is 5.56 Å². The van der Waals surface area contributed by atoms with Crippen LogP contribution in [0.5, 0.6) is 0 Å². The molecule has 73 valence electrons. The maximum atomic E-state index is 11.5. The van der Waals surface area contributed by atoms with Crippen molar-refractivity contribution >= 4 is 12.2 Å². The van der Waals surface area contributed by atoms with E-state index in [0.29, 0.717) is 17.7 Å². The maximum Gasteiger partial charge on any atom is 0.252 e. The van der Waals surface area contributed by atoms with Gasteiger partial charge in [-0.3, -0.25) is 9.59 Å². The molecule has 0 aliphatic rings. The van der Waals surface area contributed by atoms with Gasteiger partial charge in [-0.25, -0.2) is 0 Å². The fourth-order valence-corrected chi connectivity index (χ4v) is 1.10. The maximum absolute atomic E-state index is 11.5. The van der Waals surface area contributed by atoms with Crippen molar-refractivity contribution in [2.24, 2.45) is 0 Å². The summed E-state index contributed by atoms with van der Waals surface area (Å²) in [4.78, 5) is 22.0. The van der Waals surface area contributed by atoms with Gasteiger partial charge in [-0.1, -0.05) is 25.1 Å². The van der Waals surface area contributed by atoms with Crippen LogP contribution in [0.1, 0.15) is 29.3 Å². The first-order valence-corrected chi connectivity index (χ1v) is 4.55. The lowest BCUT2D eigenvalue weighted by Gasteiger charge is -2.04. The summed E-state index contributed by atoms with van der Waals surface area (Å²) >= 11 is 0. The van der Waals surface area contributed by atoms with Crippen molar-refractivity contribution < 1.29 is 9.59 Å². The van der Waals surface area contributed by atoms with Crippen molar-refractivity contribution in [3.8, 4) is 0 Å². The lowest BCUT2D eigenvalue weighted by molar-refractivity contribution is 0.0953. The van der Waals surface area contributed by atoms with Crippen LogP contribution in [0.2, 0.25) is 0 Å². The summed E-state index contributed by atoms with van der Waals surface area (Å²) in [5.74, 6) is -0.217. The summed E-state index contributed by atoms with van der Waals surface area (Å²) in [5, 5.41) is 2.71. The van der Waals surface area contributed by atoms with Crippen LogP contribution in [0.25, 0.3) is 0 Å². The van der Waals surface area contributed by atoms with E-state index in [0.717, 1.165) is 6.42 Å². The summed E-state index contributed by atoms with van der Waals surface area (Å²) in [6, 6.07) is 6.62. The number of nitrogens with one attached hydrogen (secondary N) is 1. The van der Waals surface area contributed by atoms with Gasteiger partial charge in [0.2, 0.25) is 6.29 Å². The molecule has 1 amide bonds. The van der Waals surface area contributed by atoms with Crippen molar-refractivity contribution in [3.05, 3.63) is 35.4 Å². The SMILES string of the molecule is CCCNC(=O)c1ccccc1[C]=O. The normalized spacial score (nSPS) is 9.50. The Balaban J connectivity index is 2.83. The second kappa shape index (κ2) is 5.17. The first kappa shape index (κ1) is 10.4. The molecule has 1 radical (unpaired) electrons. The van der Waals surface area contributed by atoms with Gasteiger partial charge in [0.15, 0.2) is 0 Å². The van der Waals surface area contributed by atoms with E-state index in [1.54, 1.807) is 30.6 Å². The summed E-state index contributed by atoms with van der Waals surface area (Å²) in [7, 11) is 0. The fraction of sp³-hybridized carbons (Fsp3) is 0.273. The Labute approximate surface area is 83.1 Å². The zero-order valence-electron chi connectivity index (χ0n) is 8.04. The smallest absolute Gasteiger partial charge is 0.252 e. The van der Waals surface area contributed by atoms with E-state index in [1.165, 1.54) is 0 Å². The van der Waals surface area contributed by atoms with Gasteiger partial charge < -0.3 is 5.32 Å². The highest BCUT2D eigenvalue weighted by Crippen LogP contribution is 2.05. The van der Waals surface area contributed by atoms with Crippen LogP contribution in [0.4, 0.5) is 0 Å². The zero-order chi connectivity index (χ0) is 10.4. The molecule has 1 N–H and O–H groups in total. The molecule has 1 aromatic rings. The van der Waals surface area contributed by atoms with Crippen LogP contribution in [0.15, 0.2) is 24.3 Å². The average Bonchev–Trinajstić information content (AvgIpc) is 2.25. The minimum atomic E-state index is -0.217. The fourth-order valence-electron chi connectivity index (χ4n) is 1.10. The van der Waals surface area contributed by atoms with Crippen LogP contribution >= 0.6 is 0 Å². The first-order chi connectivity index (χ1) is 6.79. The molecule has 3 heteroatoms. The molecule has 0 fully saturated rings. The number of carbonyl (C=O) groups excluding carboxylic acids is 2. The van der Waals surface area contributed by atoms with Crippen LogP contribution < -0.4 is 5.32 Å². The topological polar surface area (TPSA) is 46.2 Å². The van der Waals surface area contributed by atoms with Gasteiger partial charge in [-0.05, 0) is 12.5 Å². The highest BCUT2D eigenvalue weighted by molar-refractivity contribution is 6.01. The van der Waals surface area contributed by atoms with E-state index in [4.69, 9.17) is 0 Å². The molecule has 14 heavy (non-hydrogen) atoms. The molecule has 0 spiro atoms. The van der Waals surface area contributed by atoms with E-state index >= 15 is 0 Å². The molecule has 3 nitrogen and oxygen atoms in total. The Morgan fingerprint density at radius 3 is 2.79 bits per heavy atom. The van der Waals surface area contributed by atoms with Crippen LogP contribution in [-0.2, 0) is 4.79 Å². The molecule has 0 unspecified atom stereocenters. The van der Waals surface area contributed by atoms with Crippen molar-refractivity contribution in [2.75, 3.05) is 6.54 Å². The Kier molecular flexibility index (Phi) is 3.85. The van der Waals surface area contributed by atoms with E-state index in [-0.39, 0.29) is 5.91 Å². The number of amides is 1. The van der Waals surface area contributed by atoms with Crippen molar-refractivity contribution in [3.63, 3.8) is 0 Å². The van der Waals surface area contributed by atoms with Crippen molar-refractivity contribution in [2.45, 2.75) is 13.3 Å². The van der Waals surface area contributed by atoms with Crippen molar-refractivity contribution in [1.29, 1.82) is 0 Å². The van der Waals surface area contributed by atoms with Gasteiger partial charge in [0.25, 0.3) is 5.91 Å². The quantitative estimate of drug-likeness (QED) is 0.777. The molecule has 0 saturated carbocycles. The van der Waals surface area contributed by atoms with Crippen LogP contribution in [-0.4, -0.2) is 18.7 Å². The first-order valence-electron chi connectivity index (χ1n) is 4.55. The minimum absolute atomic E-state index is 0.217. The summed E-state index contributed by atoms with van der Waals surface area (Å²) in [5.41, 5.74) is 0.692. The van der Waals surface area contributed by atoms with E-state index in [2.05, 4.69) is 5.32 Å². The minimum Gasteiger partial charge on any atom is -0.352 e. The third-order valence-corrected chi connectivity index (χ3v) is 1.82. The zero-order valence-corrected chi connectivity index (χ0v) is 8.04. The molecule has 0 bridgehead atoms. The summed E-state index contributed by atoms with van der Waals surface area (Å²) in [6.45, 7) is 2.59. The van der Waals surface area contributed by atoms with Gasteiger partial charge in [0, 0.05) is 12.1 Å². The monoisotopic (exact) mass is 190 g/mol. The largest absolute Gasteiger partial charge is 0.352 e. The molecule has 1 rings (SSSR count). The third-order valence-electron chi connectivity index (χ3n) is 1.82. The second-order valence-electron chi connectivity index (χ2n) is 2.90. The number of carbonyl (C=O) groups is 1. The van der Waals surface area contributed by atoms with Gasteiger partial charge in [-0.15, -0.1) is 0 Å². The molecule has 0 aliphatic carbocycles. The number of benzene rings is 1. The number of rotatable bonds is 4. The van der Waals surface area contributed by atoms with Crippen molar-refractivity contribution in [1.82, 2.24) is 5.32 Å². The Morgan fingerprint density at radius 1 is 1.43 bits per heavy atom. The Hall–Kier alpha value is -1.64. The van der Waals surface area contributed by atoms with E-state index in [9.17, 15) is 9.59 Å². The predicted octanol–water partition coefficient (Wildman–Crippen LogP) is 1.28. The highest BCUT2D eigenvalue weighted by Gasteiger charge is 2.09. The van der Waals surface area contributed by atoms with Crippen LogP contribution in [0.3, 0.4) is 0 Å². The molecule has 0 aromatic heterocycles. The number of hydrogen-bond donors (Lipinski definition) is 1. The highest BCUT2D eigenvalue weighted by atomic mass is 16.1. The third kappa shape index (κ3) is 2.42. The molecule has 1 aromatic carbocycles. The van der Waals surface area contributed by atoms with Gasteiger partial charge in [0.1, 0.15) is 0 Å². The van der Waals surface area contributed by atoms with Gasteiger partial charge >= 0.3 is 0 Å². The lowest BCUT2D eigenvalue weighted by Crippen LogP contribution is -2.25. The van der Waals surface area contributed by atoms with E-state index < -0.39 is 0 Å². The molecule has 0 heterocycles. The van der Waals surface area contributed by atoms with Crippen LogP contribution in [0, 0.1) is 0 Å². The molecule has 0 saturated heterocycles. The van der Waals surface area contributed by atoms with Gasteiger partial charge in [-0.2, -0.15) is 0 Å². The number of hydrogen-bond acceptors (Lipinski definition) is 2.